The molecule has 0 radical (unpaired) electrons. The monoisotopic (exact) mass is 810 g/mol. The molecule has 0 aliphatic carbocycles. The Morgan fingerprint density at radius 1 is 0.347 bits per heavy atom. The van der Waals surface area contributed by atoms with Crippen LogP contribution in [0.1, 0.15) is 0 Å². The summed E-state index contributed by atoms with van der Waals surface area (Å²) in [6, 6.07) is 13.6. The van der Waals surface area contributed by atoms with Crippen LogP contribution in [0, 0.1) is 0 Å². The van der Waals surface area contributed by atoms with E-state index in [1.165, 1.54) is 0 Å². The molecule has 8 nitrogen and oxygen atoms in total. The van der Waals surface area contributed by atoms with E-state index >= 15 is 0 Å². The van der Waals surface area contributed by atoms with Crippen LogP contribution in [-0.4, -0.2) is 43.0 Å². The number of aromatic nitrogens is 8. The van der Waals surface area contributed by atoms with E-state index in [4.69, 9.17) is 123 Å². The normalized spacial score (nSPS) is 11.9. The standard InChI is InChI=1S/C32H8Cl8N8.Mg/c33-17-1-9-10(2-18(17)34)26-41-25(9)45-27-11-3-19(35)20(36)4-12(11)29(42-27)47-31-15-7-23(39)24(40)8-16(15)32(44-31)48-30-14-6-22(38)21(37)5-13(14)28(43-30)46-26;/h1-8H;/q-2;+2/p+2. The van der Waals surface area contributed by atoms with Crippen LogP contribution in [0.25, 0.3) is 89.7 Å². The largest absolute Gasteiger partial charge is 2.00 e. The topological polar surface area (TPSA) is 108 Å². The van der Waals surface area contributed by atoms with Crippen LogP contribution in [0.15, 0.2) is 48.5 Å². The number of nitrogens with zero attached hydrogens (tertiary/aromatic N) is 6. The van der Waals surface area contributed by atoms with Crippen molar-refractivity contribution in [3.8, 4) is 45.6 Å². The molecule has 9 rings (SSSR count). The van der Waals surface area contributed by atoms with Gasteiger partial charge in [0, 0.05) is 27.4 Å². The molecule has 0 amide bonds. The van der Waals surface area contributed by atoms with Crippen molar-refractivity contribution in [1.29, 1.82) is 0 Å². The number of rotatable bonds is 0. The third-order valence-electron chi connectivity index (χ3n) is 7.99. The van der Waals surface area contributed by atoms with E-state index in [1.807, 2.05) is 0 Å². The van der Waals surface area contributed by atoms with E-state index in [0.29, 0.717) is 130 Å². The number of nitrogens with one attached hydrogen (secondary N) is 2. The molecule has 0 fully saturated rings. The molecule has 5 heterocycles. The minimum Gasteiger partial charge on any atom is -0.331 e. The van der Waals surface area contributed by atoms with Gasteiger partial charge in [-0.25, -0.2) is 4.98 Å². The van der Waals surface area contributed by atoms with Crippen molar-refractivity contribution in [3.63, 3.8) is 0 Å². The molecule has 0 atom stereocenters. The summed E-state index contributed by atoms with van der Waals surface area (Å²) in [6.07, 6.45) is 0. The molecule has 49 heavy (non-hydrogen) atoms. The van der Waals surface area contributed by atoms with E-state index in [-0.39, 0.29) is 23.1 Å². The zero-order chi connectivity index (χ0) is 33.2. The molecular formula is C32H10Cl8MgN8+2. The van der Waals surface area contributed by atoms with Gasteiger partial charge in [0.05, 0.1) is 56.9 Å². The second-order valence-electron chi connectivity index (χ2n) is 10.9. The summed E-state index contributed by atoms with van der Waals surface area (Å²) in [6.45, 7) is 0. The number of H-pyrrole nitrogens is 2. The van der Waals surface area contributed by atoms with Gasteiger partial charge in [0.15, 0.2) is 16.9 Å². The molecular weight excluding hydrogens is 804 g/mol. The zero-order valence-corrected chi connectivity index (χ0v) is 31.5. The summed E-state index contributed by atoms with van der Waals surface area (Å²) in [7, 11) is 0. The van der Waals surface area contributed by atoms with Gasteiger partial charge in [-0.3, -0.25) is 9.97 Å². The Morgan fingerprint density at radius 3 is 0.776 bits per heavy atom. The molecule has 3 aromatic heterocycles. The fourth-order valence-corrected chi connectivity index (χ4v) is 7.07. The third kappa shape index (κ3) is 5.42. The summed E-state index contributed by atoms with van der Waals surface area (Å²) < 4.78 is 0. The fourth-order valence-electron chi connectivity index (χ4n) is 5.76. The molecule has 7 aromatic rings. The van der Waals surface area contributed by atoms with Crippen molar-refractivity contribution in [2.45, 2.75) is 0 Å². The minimum atomic E-state index is 0. The maximum atomic E-state index is 6.49. The number of benzene rings is 4. The first kappa shape index (κ1) is 33.5. The number of aromatic amines is 2. The first-order valence-electron chi connectivity index (χ1n) is 13.8. The van der Waals surface area contributed by atoms with Gasteiger partial charge in [0.1, 0.15) is 5.82 Å². The van der Waals surface area contributed by atoms with Crippen LogP contribution in [0.5, 0.6) is 0 Å². The van der Waals surface area contributed by atoms with Crippen molar-refractivity contribution < 1.29 is 9.97 Å². The summed E-state index contributed by atoms with van der Waals surface area (Å²) in [5.41, 5.74) is 3.81. The molecule has 17 heteroatoms. The van der Waals surface area contributed by atoms with Crippen molar-refractivity contribution in [2.75, 3.05) is 0 Å². The summed E-state index contributed by atoms with van der Waals surface area (Å²) in [5, 5.41) is 5.03. The Balaban J connectivity index is 0.00000348. The van der Waals surface area contributed by atoms with Gasteiger partial charge >= 0.3 is 23.1 Å². The van der Waals surface area contributed by atoms with Crippen LogP contribution in [-0.2, 0) is 0 Å². The van der Waals surface area contributed by atoms with E-state index in [2.05, 4.69) is 9.97 Å². The Hall–Kier alpha value is -2.67. The summed E-state index contributed by atoms with van der Waals surface area (Å²) >= 11 is 51.9. The molecule has 2 N–H and O–H groups in total. The van der Waals surface area contributed by atoms with Crippen LogP contribution < -0.4 is 19.9 Å². The Bertz CT molecular complexity index is 2430. The second-order valence-corrected chi connectivity index (χ2v) is 14.1. The number of halogens is 8. The number of fused-ring (bicyclic) bond motifs is 20. The fraction of sp³-hybridized carbons (Fsp3) is 0. The predicted octanol–water partition coefficient (Wildman–Crippen LogP) is 9.81. The van der Waals surface area contributed by atoms with Gasteiger partial charge in [0.25, 0.3) is 17.5 Å². The maximum Gasteiger partial charge on any atom is 2.00 e. The molecule has 4 aromatic carbocycles. The molecule has 2 aliphatic rings. The van der Waals surface area contributed by atoms with Gasteiger partial charge in [-0.15, -0.1) is 0 Å². The average Bonchev–Trinajstić information content (AvgIpc) is 3.74. The van der Waals surface area contributed by atoms with E-state index in [9.17, 15) is 0 Å². The van der Waals surface area contributed by atoms with Crippen LogP contribution >= 0.6 is 92.8 Å². The molecule has 234 valence electrons. The van der Waals surface area contributed by atoms with Gasteiger partial charge < -0.3 is 9.97 Å². The quantitative estimate of drug-likeness (QED) is 0.141. The van der Waals surface area contributed by atoms with Gasteiger partial charge in [-0.05, 0) is 53.9 Å². The second kappa shape index (κ2) is 12.2. The van der Waals surface area contributed by atoms with Crippen molar-refractivity contribution in [2.24, 2.45) is 0 Å². The summed E-state index contributed by atoms with van der Waals surface area (Å²) in [4.78, 5) is 36.0. The van der Waals surface area contributed by atoms with Gasteiger partial charge in [-0.1, -0.05) is 108 Å². The maximum absolute atomic E-state index is 6.49. The third-order valence-corrected chi connectivity index (χ3v) is 10.9. The molecule has 0 saturated heterocycles. The first-order chi connectivity index (χ1) is 23.0. The van der Waals surface area contributed by atoms with E-state index in [1.54, 1.807) is 48.5 Å². The van der Waals surface area contributed by atoms with Crippen LogP contribution in [0.2, 0.25) is 40.2 Å². The number of hydrogen-bond donors (Lipinski definition) is 0. The van der Waals surface area contributed by atoms with Crippen molar-refractivity contribution in [1.82, 2.24) is 29.9 Å². The Morgan fingerprint density at radius 2 is 0.551 bits per heavy atom. The van der Waals surface area contributed by atoms with E-state index < -0.39 is 0 Å². The average molecular weight is 814 g/mol. The van der Waals surface area contributed by atoms with Crippen LogP contribution in [0.4, 0.5) is 0 Å². The minimum absolute atomic E-state index is 0. The molecule has 0 saturated carbocycles. The first-order valence-corrected chi connectivity index (χ1v) is 16.8. The van der Waals surface area contributed by atoms with Crippen molar-refractivity contribution >= 4 is 160 Å². The van der Waals surface area contributed by atoms with Crippen molar-refractivity contribution in [3.05, 3.63) is 88.7 Å². The molecule has 0 unspecified atom stereocenters. The Kier molecular flexibility index (Phi) is 8.36. The predicted molar refractivity (Wildman–Crippen MR) is 197 cm³/mol. The molecule has 8 bridgehead atoms. The summed E-state index contributed by atoms with van der Waals surface area (Å²) in [5.74, 6) is 1.62. The molecule has 0 spiro atoms. The smallest absolute Gasteiger partial charge is 0.331 e. The Labute approximate surface area is 331 Å². The SMILES string of the molecule is Clc1cc2c(cc1Cl)-c1nc3[n-]c(nc4[nH+]c(nc5[n-]c(nc-2[nH+]1)c1cc(Cl)c(Cl)cc51)-c1cc(Cl)c(Cl)cc1-4)c1cc(Cl)c(Cl)cc31.[Mg+2]. The van der Waals surface area contributed by atoms with E-state index in [0.717, 1.165) is 0 Å². The zero-order valence-electron chi connectivity index (χ0n) is 24.0. The van der Waals surface area contributed by atoms with Crippen LogP contribution in [0.3, 0.4) is 0 Å². The number of hydrogen-bond acceptors (Lipinski definition) is 4. The molecule has 2 aliphatic heterocycles. The van der Waals surface area contributed by atoms with Gasteiger partial charge in [0.2, 0.25) is 0 Å². The van der Waals surface area contributed by atoms with Gasteiger partial charge in [-0.2, -0.15) is 0 Å².